The monoisotopic (exact) mass is 942 g/mol. The Bertz CT molecular complexity index is 3420. The number of nitrogens with two attached hydrogens (primary N) is 4. The van der Waals surface area contributed by atoms with Crippen LogP contribution in [0.1, 0.15) is 51.8 Å². The first kappa shape index (κ1) is 46.6. The summed E-state index contributed by atoms with van der Waals surface area (Å²) in [5, 5.41) is 15.6. The molecule has 0 fully saturated rings. The number of rotatable bonds is 4. The molecular formula is C63H58N8O. The predicted octanol–water partition coefficient (Wildman–Crippen LogP) is 12.9. The van der Waals surface area contributed by atoms with E-state index in [2.05, 4.69) is 129 Å². The van der Waals surface area contributed by atoms with Crippen LogP contribution in [0.5, 0.6) is 5.75 Å². The lowest BCUT2D eigenvalue weighted by Gasteiger charge is -2.17. The Hall–Kier alpha value is -9.08. The Labute approximate surface area is 422 Å². The molecule has 5 aliphatic carbocycles. The lowest BCUT2D eigenvalue weighted by Crippen LogP contribution is -2.09. The van der Waals surface area contributed by atoms with Crippen molar-refractivity contribution < 1.29 is 4.74 Å². The van der Waals surface area contributed by atoms with Gasteiger partial charge in [-0.05, 0) is 216 Å². The molecule has 7 aromatic rings. The summed E-state index contributed by atoms with van der Waals surface area (Å²) < 4.78 is 5.34. The lowest BCUT2D eigenvalue weighted by molar-refractivity contribution is 0.414. The third-order valence-corrected chi connectivity index (χ3v) is 14.0. The van der Waals surface area contributed by atoms with Gasteiger partial charge in [-0.25, -0.2) is 0 Å². The highest BCUT2D eigenvalue weighted by atomic mass is 16.5. The van der Waals surface area contributed by atoms with Crippen molar-refractivity contribution in [2.24, 2.45) is 0 Å². The van der Waals surface area contributed by atoms with Crippen LogP contribution in [0, 0.1) is 10.8 Å². The zero-order valence-electron chi connectivity index (χ0n) is 41.4. The standard InChI is InChI=1S/C24H26N2O.C20H17N3.C19H15N3/c1-25(2)17-8-12-20-22(14-17)23-15-18(26(3)4)9-13-21(23)24(20)16-6-10-19(27-5)11-7-16;1-11-8-12(2-7-19(11)23)20-15-5-3-13(21)9-17(15)18-10-14(22)4-6-16(18)20;20-12-3-1-11(2-4-12)19-15-7-5-13(21)9-17(15)18-10-14(22)6-8-16(18)19/h6-15,24H,1-5H3;2-10,23H,21-22H2,1H3;1-10,20H,21-22H2. The largest absolute Gasteiger partial charge is 0.497 e. The molecule has 0 saturated carbocycles. The van der Waals surface area contributed by atoms with Gasteiger partial charge in [-0.3, -0.25) is 0 Å². The van der Waals surface area contributed by atoms with Crippen LogP contribution in [0.25, 0.3) is 44.5 Å². The molecule has 0 radical (unpaired) electrons. The van der Waals surface area contributed by atoms with Gasteiger partial charge in [-0.15, -0.1) is 0 Å². The Morgan fingerprint density at radius 3 is 1.22 bits per heavy atom. The number of hydrogen-bond donors (Lipinski definition) is 6. The fourth-order valence-electron chi connectivity index (χ4n) is 10.3. The van der Waals surface area contributed by atoms with E-state index in [9.17, 15) is 0 Å². The van der Waals surface area contributed by atoms with E-state index in [1.807, 2.05) is 91.9 Å². The van der Waals surface area contributed by atoms with Crippen molar-refractivity contribution in [3.05, 3.63) is 232 Å². The number of hydrogen-bond acceptors (Lipinski definition) is 9. The Morgan fingerprint density at radius 1 is 0.431 bits per heavy atom. The molecule has 0 spiro atoms. The minimum absolute atomic E-state index is 0.258. The molecule has 72 heavy (non-hydrogen) atoms. The molecule has 0 bridgehead atoms. The normalized spacial score (nSPS) is 14.3. The second kappa shape index (κ2) is 18.7. The van der Waals surface area contributed by atoms with Gasteiger partial charge in [0.1, 0.15) is 5.75 Å². The summed E-state index contributed by atoms with van der Waals surface area (Å²) in [6.45, 7) is 1.97. The van der Waals surface area contributed by atoms with Gasteiger partial charge in [0.2, 0.25) is 0 Å². The van der Waals surface area contributed by atoms with Crippen molar-refractivity contribution in [2.45, 2.75) is 12.8 Å². The van der Waals surface area contributed by atoms with Crippen LogP contribution < -0.4 is 37.5 Å². The molecule has 0 aliphatic heterocycles. The first-order chi connectivity index (χ1) is 34.7. The van der Waals surface area contributed by atoms with Gasteiger partial charge in [-0.2, -0.15) is 0 Å². The first-order valence-corrected chi connectivity index (χ1v) is 23.9. The van der Waals surface area contributed by atoms with E-state index in [0.29, 0.717) is 11.4 Å². The topological polar surface area (TPSA) is 167 Å². The van der Waals surface area contributed by atoms with Crippen LogP contribution in [0.4, 0.5) is 34.1 Å². The molecule has 7 aromatic carbocycles. The average Bonchev–Trinajstić information content (AvgIpc) is 3.99. The van der Waals surface area contributed by atoms with Gasteiger partial charge in [-0.1, -0.05) is 66.8 Å². The minimum atomic E-state index is 0.258. The van der Waals surface area contributed by atoms with Crippen molar-refractivity contribution >= 4 is 56.7 Å². The van der Waals surface area contributed by atoms with Crippen LogP contribution in [0.15, 0.2) is 193 Å². The smallest absolute Gasteiger partial charge is 0.118 e. The van der Waals surface area contributed by atoms with Crippen molar-refractivity contribution in [1.29, 1.82) is 10.8 Å². The molecule has 12 rings (SSSR count). The molecule has 5 aliphatic rings. The summed E-state index contributed by atoms with van der Waals surface area (Å²) in [4.78, 5) is 4.33. The first-order valence-electron chi connectivity index (χ1n) is 23.9. The zero-order chi connectivity index (χ0) is 50.5. The maximum atomic E-state index is 7.89. The van der Waals surface area contributed by atoms with Crippen LogP contribution in [0.2, 0.25) is 0 Å². The second-order valence-corrected chi connectivity index (χ2v) is 19.1. The predicted molar refractivity (Wildman–Crippen MR) is 305 cm³/mol. The van der Waals surface area contributed by atoms with Crippen LogP contribution in [-0.4, -0.2) is 46.7 Å². The molecule has 10 N–H and O–H groups in total. The number of fused-ring (bicyclic) bond motifs is 9. The quantitative estimate of drug-likeness (QED) is 0.0955. The summed E-state index contributed by atoms with van der Waals surface area (Å²) in [5.41, 5.74) is 51.8. The number of allylic oxidation sites excluding steroid dienone is 10. The number of methoxy groups -OCH3 is 1. The third-order valence-electron chi connectivity index (χ3n) is 14.0. The second-order valence-electron chi connectivity index (χ2n) is 19.1. The van der Waals surface area contributed by atoms with Crippen molar-refractivity contribution in [1.82, 2.24) is 0 Å². The Kier molecular flexibility index (Phi) is 12.1. The van der Waals surface area contributed by atoms with Crippen molar-refractivity contribution in [2.75, 3.05) is 68.0 Å². The highest BCUT2D eigenvalue weighted by molar-refractivity contribution is 6.11. The number of nitrogens with one attached hydrogen (secondary N) is 2. The number of nitrogen functional groups attached to an aromatic ring is 4. The molecular weight excluding hydrogens is 885 g/mol. The fourth-order valence-corrected chi connectivity index (χ4v) is 10.3. The number of nitrogens with zero attached hydrogens (tertiary/aromatic N) is 2. The fraction of sp³-hybridized carbons (Fsp3) is 0.111. The highest BCUT2D eigenvalue weighted by Crippen LogP contribution is 2.51. The van der Waals surface area contributed by atoms with Gasteiger partial charge in [0, 0.05) is 68.2 Å². The average molecular weight is 943 g/mol. The number of benzene rings is 7. The van der Waals surface area contributed by atoms with Crippen molar-refractivity contribution in [3.63, 3.8) is 0 Å². The zero-order valence-corrected chi connectivity index (χ0v) is 41.4. The number of ether oxygens (including phenoxy) is 1. The van der Waals surface area contributed by atoms with Gasteiger partial charge < -0.3 is 48.3 Å². The van der Waals surface area contributed by atoms with Crippen LogP contribution in [-0.2, 0) is 0 Å². The highest BCUT2D eigenvalue weighted by Gasteiger charge is 2.31. The SMILES string of the molecule is CC1=CC(=C2c3ccc(N)cc3-c3cc(N)ccc32)C=CC1=N.COc1ccc(C2c3ccc(N(C)C)cc3-c3cc(N(C)C)ccc32)cc1.N=C1C=CC(=C2c3ccc(N)cc3-c3cc(N)ccc32)C=C1. The summed E-state index contributed by atoms with van der Waals surface area (Å²) in [7, 11) is 10.1. The van der Waals surface area contributed by atoms with E-state index in [4.69, 9.17) is 38.5 Å². The molecule has 9 nitrogen and oxygen atoms in total. The van der Waals surface area contributed by atoms with E-state index in [1.54, 1.807) is 7.11 Å². The molecule has 0 heterocycles. The summed E-state index contributed by atoms with van der Waals surface area (Å²) in [6, 6.07) is 46.1. The van der Waals surface area contributed by atoms with Crippen LogP contribution >= 0.6 is 0 Å². The van der Waals surface area contributed by atoms with E-state index < -0.39 is 0 Å². The molecule has 9 heteroatoms. The van der Waals surface area contributed by atoms with E-state index in [1.165, 1.54) is 50.3 Å². The Balaban J connectivity index is 0.000000125. The minimum Gasteiger partial charge on any atom is -0.497 e. The molecule has 356 valence electrons. The third kappa shape index (κ3) is 8.55. The summed E-state index contributed by atoms with van der Waals surface area (Å²) in [5.74, 6) is 1.15. The van der Waals surface area contributed by atoms with Gasteiger partial charge in [0.25, 0.3) is 0 Å². The molecule has 0 aromatic heterocycles. The van der Waals surface area contributed by atoms with Gasteiger partial charge in [0.15, 0.2) is 0 Å². The van der Waals surface area contributed by atoms with E-state index in [-0.39, 0.29) is 5.92 Å². The van der Waals surface area contributed by atoms with Crippen molar-refractivity contribution in [3.8, 4) is 39.1 Å². The summed E-state index contributed by atoms with van der Waals surface area (Å²) >= 11 is 0. The maximum absolute atomic E-state index is 7.89. The Morgan fingerprint density at radius 2 is 0.833 bits per heavy atom. The number of anilines is 6. The maximum Gasteiger partial charge on any atom is 0.118 e. The van der Waals surface area contributed by atoms with E-state index in [0.717, 1.165) is 89.7 Å². The summed E-state index contributed by atoms with van der Waals surface area (Å²) in [6.07, 6.45) is 13.5. The van der Waals surface area contributed by atoms with Gasteiger partial charge in [0.05, 0.1) is 18.5 Å². The van der Waals surface area contributed by atoms with Gasteiger partial charge >= 0.3 is 0 Å². The van der Waals surface area contributed by atoms with E-state index >= 15 is 0 Å². The lowest BCUT2D eigenvalue weighted by atomic mass is 9.89. The molecule has 0 saturated heterocycles. The molecule has 0 atom stereocenters. The molecule has 0 amide bonds. The van der Waals surface area contributed by atoms with Crippen LogP contribution in [0.3, 0.4) is 0 Å². The molecule has 0 unspecified atom stereocenters.